The number of urea groups is 2. The van der Waals surface area contributed by atoms with Gasteiger partial charge in [-0.25, -0.2) is 14.6 Å². The zero-order valence-electron chi connectivity index (χ0n) is 21.4. The molecular formula is C27H35N7O2S2. The molecule has 0 radical (unpaired) electrons. The van der Waals surface area contributed by atoms with E-state index in [4.69, 9.17) is 4.99 Å². The number of benzene rings is 2. The van der Waals surface area contributed by atoms with Gasteiger partial charge in [-0.1, -0.05) is 24.3 Å². The number of guanidine groups is 1. The van der Waals surface area contributed by atoms with Gasteiger partial charge in [0.05, 0.1) is 17.4 Å². The molecular weight excluding hydrogens is 518 g/mol. The van der Waals surface area contributed by atoms with Gasteiger partial charge in [0.1, 0.15) is 0 Å². The van der Waals surface area contributed by atoms with Gasteiger partial charge in [0, 0.05) is 53.5 Å². The van der Waals surface area contributed by atoms with E-state index >= 15 is 0 Å². The number of fused-ring (bicyclic) bond motifs is 4. The lowest BCUT2D eigenvalue weighted by Crippen LogP contribution is -2.56. The maximum atomic E-state index is 12.5. The van der Waals surface area contributed by atoms with E-state index < -0.39 is 0 Å². The lowest BCUT2D eigenvalue weighted by Gasteiger charge is -2.39. The van der Waals surface area contributed by atoms with Crippen LogP contribution in [0.2, 0.25) is 0 Å². The Morgan fingerprint density at radius 2 is 1.34 bits per heavy atom. The van der Waals surface area contributed by atoms with Gasteiger partial charge < -0.3 is 31.5 Å². The van der Waals surface area contributed by atoms with Crippen molar-refractivity contribution in [1.82, 2.24) is 20.9 Å². The number of nitrogens with zero attached hydrogens (tertiary/aromatic N) is 2. The van der Waals surface area contributed by atoms with Gasteiger partial charge in [0.2, 0.25) is 0 Å². The number of nitrogens with one attached hydrogen (secondary N) is 5. The summed E-state index contributed by atoms with van der Waals surface area (Å²) in [6.07, 6.45) is 3.62. The number of aliphatic imine (C=N–C) groups is 1. The molecule has 1 saturated heterocycles. The summed E-state index contributed by atoms with van der Waals surface area (Å²) in [7, 11) is 0. The van der Waals surface area contributed by atoms with E-state index in [9.17, 15) is 9.59 Å². The van der Waals surface area contributed by atoms with Gasteiger partial charge in [-0.15, -0.1) is 23.5 Å². The molecule has 3 bridgehead atoms. The summed E-state index contributed by atoms with van der Waals surface area (Å²) in [4.78, 5) is 34.5. The summed E-state index contributed by atoms with van der Waals surface area (Å²) < 4.78 is 0. The molecule has 3 aliphatic rings. The van der Waals surface area contributed by atoms with E-state index in [2.05, 4.69) is 37.6 Å². The predicted molar refractivity (Wildman–Crippen MR) is 157 cm³/mol. The Kier molecular flexibility index (Phi) is 9.19. The molecule has 1 fully saturated rings. The number of para-hydroxylation sites is 2. The van der Waals surface area contributed by atoms with Gasteiger partial charge in [0.25, 0.3) is 0 Å². The summed E-state index contributed by atoms with van der Waals surface area (Å²) in [6.45, 7) is 3.08. The molecule has 38 heavy (non-hydrogen) atoms. The summed E-state index contributed by atoms with van der Waals surface area (Å²) in [6, 6.07) is 15.9. The second-order valence-corrected chi connectivity index (χ2v) is 11.7. The van der Waals surface area contributed by atoms with Crippen molar-refractivity contribution in [3.63, 3.8) is 0 Å². The van der Waals surface area contributed by atoms with Crippen molar-refractivity contribution in [2.75, 3.05) is 48.3 Å². The minimum absolute atomic E-state index is 0.217. The van der Waals surface area contributed by atoms with Gasteiger partial charge in [0.15, 0.2) is 5.96 Å². The fourth-order valence-corrected chi connectivity index (χ4v) is 6.79. The fourth-order valence-electron chi connectivity index (χ4n) is 4.64. The van der Waals surface area contributed by atoms with Crippen LogP contribution in [0.1, 0.15) is 25.7 Å². The van der Waals surface area contributed by atoms with E-state index in [1.54, 1.807) is 23.5 Å². The zero-order chi connectivity index (χ0) is 26.2. The van der Waals surface area contributed by atoms with Crippen LogP contribution in [0.4, 0.5) is 21.0 Å². The van der Waals surface area contributed by atoms with Crippen LogP contribution in [0.25, 0.3) is 0 Å². The Morgan fingerprint density at radius 1 is 0.763 bits per heavy atom. The monoisotopic (exact) mass is 553 g/mol. The summed E-state index contributed by atoms with van der Waals surface area (Å²) >= 11 is 3.50. The zero-order valence-corrected chi connectivity index (χ0v) is 23.0. The number of anilines is 2. The third-order valence-corrected chi connectivity index (χ3v) is 9.19. The Morgan fingerprint density at radius 3 is 2.00 bits per heavy atom. The first-order valence-electron chi connectivity index (χ1n) is 13.3. The lowest BCUT2D eigenvalue weighted by atomic mass is 10.1. The van der Waals surface area contributed by atoms with Gasteiger partial charge in [-0.2, -0.15) is 0 Å². The van der Waals surface area contributed by atoms with Crippen LogP contribution in [0.3, 0.4) is 0 Å². The number of thioether (sulfide) groups is 2. The molecule has 2 aromatic carbocycles. The minimum Gasteiger partial charge on any atom is -0.353 e. The Balaban J connectivity index is 1.30. The average Bonchev–Trinajstić information content (AvgIpc) is 2.93. The van der Waals surface area contributed by atoms with Crippen molar-refractivity contribution in [2.45, 2.75) is 47.6 Å². The maximum Gasteiger partial charge on any atom is 0.319 e. The lowest BCUT2D eigenvalue weighted by molar-refractivity contribution is 0.250. The first kappa shape index (κ1) is 26.6. The minimum atomic E-state index is -0.220. The van der Waals surface area contributed by atoms with Crippen LogP contribution in [0, 0.1) is 0 Å². The van der Waals surface area contributed by atoms with Crippen LogP contribution in [0.15, 0.2) is 63.3 Å². The van der Waals surface area contributed by atoms with E-state index in [-0.39, 0.29) is 18.1 Å². The van der Waals surface area contributed by atoms with Crippen LogP contribution in [0.5, 0.6) is 0 Å². The molecule has 0 aromatic heterocycles. The Labute approximate surface area is 232 Å². The van der Waals surface area contributed by atoms with Crippen molar-refractivity contribution in [1.29, 1.82) is 0 Å². The van der Waals surface area contributed by atoms with Gasteiger partial charge in [-0.3, -0.25) is 0 Å². The van der Waals surface area contributed by atoms with Crippen molar-refractivity contribution < 1.29 is 9.59 Å². The van der Waals surface area contributed by atoms with Crippen LogP contribution in [-0.4, -0.2) is 72.7 Å². The Hall–Kier alpha value is -3.05. The fraction of sp³-hybridized carbons (Fsp3) is 0.444. The molecule has 0 aliphatic carbocycles. The highest BCUT2D eigenvalue weighted by Gasteiger charge is 2.28. The maximum absolute atomic E-state index is 12.5. The molecule has 3 heterocycles. The molecule has 0 spiro atoms. The highest BCUT2D eigenvalue weighted by molar-refractivity contribution is 7.99. The first-order chi connectivity index (χ1) is 18.6. The number of carbonyl (C=O) groups excluding carboxylic acids is 2. The molecule has 202 valence electrons. The third kappa shape index (κ3) is 7.28. The van der Waals surface area contributed by atoms with Crippen molar-refractivity contribution in [3.8, 4) is 0 Å². The second kappa shape index (κ2) is 13.1. The molecule has 11 heteroatoms. The molecule has 5 N–H and O–H groups in total. The van der Waals surface area contributed by atoms with E-state index in [1.165, 1.54) is 0 Å². The van der Waals surface area contributed by atoms with Crippen molar-refractivity contribution in [2.24, 2.45) is 4.99 Å². The predicted octanol–water partition coefficient (Wildman–Crippen LogP) is 4.40. The summed E-state index contributed by atoms with van der Waals surface area (Å²) in [5.41, 5.74) is 1.63. The number of amides is 4. The van der Waals surface area contributed by atoms with Crippen LogP contribution < -0.4 is 26.6 Å². The molecule has 4 amide bonds. The third-order valence-electron chi connectivity index (χ3n) is 6.73. The van der Waals surface area contributed by atoms with E-state index in [0.29, 0.717) is 19.1 Å². The normalized spacial score (nSPS) is 23.3. The molecule has 2 atom stereocenters. The number of hydrogen-bond acceptors (Lipinski definition) is 7. The number of rotatable bonds is 0. The van der Waals surface area contributed by atoms with Crippen molar-refractivity contribution >= 4 is 52.9 Å². The smallest absolute Gasteiger partial charge is 0.319 e. The van der Waals surface area contributed by atoms with E-state index in [0.717, 1.165) is 77.4 Å². The van der Waals surface area contributed by atoms with Gasteiger partial charge >= 0.3 is 12.1 Å². The second-order valence-electron chi connectivity index (χ2n) is 9.60. The first-order valence-corrected chi connectivity index (χ1v) is 15.2. The van der Waals surface area contributed by atoms with Gasteiger partial charge in [-0.05, 0) is 49.9 Å². The average molecular weight is 554 g/mol. The van der Waals surface area contributed by atoms with Crippen molar-refractivity contribution in [3.05, 3.63) is 48.5 Å². The van der Waals surface area contributed by atoms with Crippen LogP contribution in [-0.2, 0) is 0 Å². The van der Waals surface area contributed by atoms with Crippen LogP contribution >= 0.6 is 23.5 Å². The SMILES string of the molecule is O=C1NCCCCNC(=O)Nc2ccccc2SC[C@H]2CCN3CC[C@H](CSc4ccccc4N1)N=C3N2. The Bertz CT molecular complexity index is 1160. The molecule has 5 rings (SSSR count). The molecule has 9 nitrogen and oxygen atoms in total. The highest BCUT2D eigenvalue weighted by atomic mass is 32.2. The quantitative estimate of drug-likeness (QED) is 0.331. The topological polar surface area (TPSA) is 110 Å². The summed E-state index contributed by atoms with van der Waals surface area (Å²) in [5, 5.41) is 15.5. The standard InChI is InChI=1S/C27H35N7O2S2/c35-26-28-13-5-6-14-29-27(36)33-22-8-2-4-10-24(22)38-18-20-12-16-34-15-11-19(30-25(34)31-20)17-37-23-9-3-1-7-21(23)32-26/h1-4,7-10,19-20H,5-6,11-18H2,(H,30,31)(H2,28,32,35)(H2,29,33,36)/t19-,20-/m1/s1. The highest BCUT2D eigenvalue weighted by Crippen LogP contribution is 2.31. The molecule has 3 aliphatic heterocycles. The molecule has 0 saturated carbocycles. The molecule has 2 aromatic rings. The largest absolute Gasteiger partial charge is 0.353 e. The number of hydrogen-bond donors (Lipinski definition) is 5. The number of carbonyl (C=O) groups is 2. The van der Waals surface area contributed by atoms with E-state index in [1.807, 2.05) is 42.5 Å². The summed E-state index contributed by atoms with van der Waals surface area (Å²) in [5.74, 6) is 2.75. The molecule has 0 unspecified atom stereocenters.